The Morgan fingerprint density at radius 1 is 1.15 bits per heavy atom. The molecule has 0 atom stereocenters. The fraction of sp³-hybridized carbons (Fsp3) is 0.320. The quantitative estimate of drug-likeness (QED) is 0.191. The summed E-state index contributed by atoms with van der Waals surface area (Å²) in [6, 6.07) is 11.9. The van der Waals surface area contributed by atoms with E-state index in [0.717, 1.165) is 45.7 Å². The number of nitrogens with zero attached hydrogens (tertiary/aromatic N) is 3. The molecule has 3 aromatic rings. The van der Waals surface area contributed by atoms with Crippen LogP contribution in [0.1, 0.15) is 28.9 Å². The Bertz CT molecular complexity index is 1130. The van der Waals surface area contributed by atoms with Crippen LogP contribution in [0.3, 0.4) is 0 Å². The maximum absolute atomic E-state index is 12.4. The molecular formula is C25H29BrN4O2S. The minimum atomic E-state index is -0.0729. The van der Waals surface area contributed by atoms with Gasteiger partial charge in [0.2, 0.25) is 5.91 Å². The van der Waals surface area contributed by atoms with E-state index in [-0.39, 0.29) is 11.7 Å². The molecule has 0 bridgehead atoms. The van der Waals surface area contributed by atoms with Crippen LogP contribution in [0.25, 0.3) is 0 Å². The third-order valence-electron chi connectivity index (χ3n) is 5.17. The summed E-state index contributed by atoms with van der Waals surface area (Å²) in [6.45, 7) is 11.1. The minimum Gasteiger partial charge on any atom is -0.493 e. The first kappa shape index (κ1) is 25.1. The predicted octanol–water partition coefficient (Wildman–Crippen LogP) is 5.89. The minimum absolute atomic E-state index is 0.0729. The Morgan fingerprint density at radius 3 is 2.70 bits per heavy atom. The van der Waals surface area contributed by atoms with Gasteiger partial charge in [0.25, 0.3) is 0 Å². The molecule has 0 unspecified atom stereocenters. The van der Waals surface area contributed by atoms with Gasteiger partial charge in [-0.2, -0.15) is 0 Å². The number of anilines is 1. The van der Waals surface area contributed by atoms with Crippen LogP contribution in [0.4, 0.5) is 5.69 Å². The number of benzene rings is 2. The van der Waals surface area contributed by atoms with Crippen LogP contribution in [0, 0.1) is 20.8 Å². The third-order valence-corrected chi connectivity index (χ3v) is 6.63. The number of hydrogen-bond donors (Lipinski definition) is 1. The van der Waals surface area contributed by atoms with Crippen LogP contribution in [-0.4, -0.2) is 33.0 Å². The summed E-state index contributed by atoms with van der Waals surface area (Å²) >= 11 is 4.84. The normalized spacial score (nSPS) is 10.8. The molecule has 0 saturated carbocycles. The summed E-state index contributed by atoms with van der Waals surface area (Å²) in [4.78, 5) is 12.4. The molecule has 0 spiro atoms. The number of amides is 1. The molecule has 0 aliphatic carbocycles. The molecule has 33 heavy (non-hydrogen) atoms. The Morgan fingerprint density at radius 2 is 1.97 bits per heavy atom. The van der Waals surface area contributed by atoms with Crippen molar-refractivity contribution in [3.05, 3.63) is 76.0 Å². The molecule has 1 N–H and O–H groups in total. The van der Waals surface area contributed by atoms with Crippen LogP contribution in [0.2, 0.25) is 0 Å². The zero-order valence-electron chi connectivity index (χ0n) is 19.2. The number of carbonyl (C=O) groups excluding carboxylic acids is 1. The van der Waals surface area contributed by atoms with Crippen molar-refractivity contribution in [3.63, 3.8) is 0 Å². The average molecular weight is 530 g/mol. The Labute approximate surface area is 208 Å². The van der Waals surface area contributed by atoms with Gasteiger partial charge in [-0.3, -0.25) is 4.79 Å². The number of ether oxygens (including phenoxy) is 1. The highest BCUT2D eigenvalue weighted by atomic mass is 79.9. The molecule has 2 aromatic carbocycles. The number of aromatic nitrogens is 3. The average Bonchev–Trinajstić information content (AvgIpc) is 3.15. The molecule has 0 aliphatic rings. The van der Waals surface area contributed by atoms with Gasteiger partial charge < -0.3 is 14.6 Å². The smallest absolute Gasteiger partial charge is 0.234 e. The van der Waals surface area contributed by atoms with Gasteiger partial charge in [0.1, 0.15) is 11.6 Å². The molecule has 3 rings (SSSR count). The lowest BCUT2D eigenvalue weighted by Gasteiger charge is -2.10. The van der Waals surface area contributed by atoms with E-state index in [1.54, 1.807) is 0 Å². The highest BCUT2D eigenvalue weighted by molar-refractivity contribution is 9.10. The molecule has 0 radical (unpaired) electrons. The second kappa shape index (κ2) is 12.0. The van der Waals surface area contributed by atoms with Gasteiger partial charge >= 0.3 is 0 Å². The molecule has 6 nitrogen and oxygen atoms in total. The summed E-state index contributed by atoms with van der Waals surface area (Å²) < 4.78 is 8.96. The van der Waals surface area contributed by atoms with E-state index < -0.39 is 0 Å². The van der Waals surface area contributed by atoms with Crippen molar-refractivity contribution in [1.82, 2.24) is 14.8 Å². The van der Waals surface area contributed by atoms with Crippen molar-refractivity contribution in [2.24, 2.45) is 0 Å². The van der Waals surface area contributed by atoms with E-state index in [9.17, 15) is 4.79 Å². The second-order valence-electron chi connectivity index (χ2n) is 7.80. The van der Waals surface area contributed by atoms with Crippen molar-refractivity contribution >= 4 is 39.3 Å². The number of nitrogens with one attached hydrogen (secondary N) is 1. The molecule has 0 saturated heterocycles. The number of halogens is 1. The standard InChI is InChI=1S/C25H29BrN4O2S/c1-5-12-30-23(7-6-13-32-22-11-9-20(26)14-19(22)4)28-29-25(30)33-16-24(31)27-21-10-8-17(2)18(3)15-21/h5,8-11,14-15H,1,6-7,12-13,16H2,2-4H3,(H,27,31). The Kier molecular flexibility index (Phi) is 9.14. The maximum Gasteiger partial charge on any atom is 0.234 e. The highest BCUT2D eigenvalue weighted by Crippen LogP contribution is 2.23. The summed E-state index contributed by atoms with van der Waals surface area (Å²) in [5.41, 5.74) is 4.25. The lowest BCUT2D eigenvalue weighted by Crippen LogP contribution is -2.15. The SMILES string of the molecule is C=CCn1c(CCCOc2ccc(Br)cc2C)nnc1SCC(=O)Nc1ccc(C)c(C)c1. The van der Waals surface area contributed by atoms with E-state index in [2.05, 4.69) is 44.9 Å². The zero-order valence-corrected chi connectivity index (χ0v) is 21.6. The molecule has 174 valence electrons. The van der Waals surface area contributed by atoms with Gasteiger partial charge in [0.05, 0.1) is 12.4 Å². The monoisotopic (exact) mass is 528 g/mol. The van der Waals surface area contributed by atoms with Crippen LogP contribution in [0.15, 0.2) is 58.7 Å². The van der Waals surface area contributed by atoms with Crippen LogP contribution in [-0.2, 0) is 17.8 Å². The van der Waals surface area contributed by atoms with Crippen molar-refractivity contribution < 1.29 is 9.53 Å². The van der Waals surface area contributed by atoms with Gasteiger partial charge in [-0.05, 0) is 74.2 Å². The predicted molar refractivity (Wildman–Crippen MR) is 138 cm³/mol. The summed E-state index contributed by atoms with van der Waals surface area (Å²) in [5.74, 6) is 1.94. The first-order valence-corrected chi connectivity index (χ1v) is 12.6. The van der Waals surface area contributed by atoms with E-state index in [1.807, 2.05) is 60.9 Å². The van der Waals surface area contributed by atoms with Crippen LogP contribution in [0.5, 0.6) is 5.75 Å². The summed E-state index contributed by atoms with van der Waals surface area (Å²) in [5, 5.41) is 12.3. The van der Waals surface area contributed by atoms with E-state index in [4.69, 9.17) is 4.74 Å². The van der Waals surface area contributed by atoms with Gasteiger partial charge in [0.15, 0.2) is 5.16 Å². The number of rotatable bonds is 11. The Balaban J connectivity index is 1.53. The van der Waals surface area contributed by atoms with Gasteiger partial charge in [-0.1, -0.05) is 39.8 Å². The molecular weight excluding hydrogens is 500 g/mol. The van der Waals surface area contributed by atoms with E-state index in [0.29, 0.717) is 18.3 Å². The topological polar surface area (TPSA) is 69.0 Å². The van der Waals surface area contributed by atoms with Crippen LogP contribution < -0.4 is 10.1 Å². The van der Waals surface area contributed by atoms with E-state index in [1.165, 1.54) is 17.3 Å². The lowest BCUT2D eigenvalue weighted by molar-refractivity contribution is -0.113. The number of carbonyl (C=O) groups is 1. The highest BCUT2D eigenvalue weighted by Gasteiger charge is 2.14. The number of thioether (sulfide) groups is 1. The largest absolute Gasteiger partial charge is 0.493 e. The van der Waals surface area contributed by atoms with E-state index >= 15 is 0 Å². The number of aryl methyl sites for hydroxylation is 4. The van der Waals surface area contributed by atoms with Gasteiger partial charge in [-0.15, -0.1) is 16.8 Å². The van der Waals surface area contributed by atoms with Gasteiger partial charge in [0, 0.05) is 23.1 Å². The molecule has 1 amide bonds. The maximum atomic E-state index is 12.4. The molecule has 0 fully saturated rings. The van der Waals surface area contributed by atoms with Crippen molar-refractivity contribution in [3.8, 4) is 5.75 Å². The first-order valence-electron chi connectivity index (χ1n) is 10.8. The second-order valence-corrected chi connectivity index (χ2v) is 9.65. The molecule has 0 aliphatic heterocycles. The molecule has 1 heterocycles. The van der Waals surface area contributed by atoms with Crippen molar-refractivity contribution in [1.29, 1.82) is 0 Å². The van der Waals surface area contributed by atoms with Crippen molar-refractivity contribution in [2.45, 2.75) is 45.3 Å². The summed E-state index contributed by atoms with van der Waals surface area (Å²) in [7, 11) is 0. The first-order chi connectivity index (χ1) is 15.9. The van der Waals surface area contributed by atoms with Gasteiger partial charge in [-0.25, -0.2) is 0 Å². The summed E-state index contributed by atoms with van der Waals surface area (Å²) in [6.07, 6.45) is 3.35. The van der Waals surface area contributed by atoms with Crippen molar-refractivity contribution in [2.75, 3.05) is 17.7 Å². The fourth-order valence-corrected chi connectivity index (χ4v) is 4.50. The fourth-order valence-electron chi connectivity index (χ4n) is 3.26. The molecule has 1 aromatic heterocycles. The lowest BCUT2D eigenvalue weighted by atomic mass is 10.1. The Hall–Kier alpha value is -2.58. The van der Waals surface area contributed by atoms with Crippen LogP contribution >= 0.6 is 27.7 Å². The zero-order chi connectivity index (χ0) is 23.8. The number of allylic oxidation sites excluding steroid dienone is 1. The third kappa shape index (κ3) is 7.20. The molecule has 8 heteroatoms. The number of hydrogen-bond acceptors (Lipinski definition) is 5.